The molecule has 0 radical (unpaired) electrons. The second kappa shape index (κ2) is 5.39. The van der Waals surface area contributed by atoms with Gasteiger partial charge in [-0.05, 0) is 26.3 Å². The molecule has 18 heavy (non-hydrogen) atoms. The van der Waals surface area contributed by atoms with E-state index in [1.165, 1.54) is 5.56 Å². The van der Waals surface area contributed by atoms with Gasteiger partial charge in [0.25, 0.3) is 0 Å². The van der Waals surface area contributed by atoms with Gasteiger partial charge in [0.2, 0.25) is 0 Å². The van der Waals surface area contributed by atoms with Gasteiger partial charge in [0.15, 0.2) is 5.79 Å². The molecule has 1 fully saturated rings. The van der Waals surface area contributed by atoms with Crippen LogP contribution in [0, 0.1) is 0 Å². The molecule has 2 rings (SSSR count). The lowest BCUT2D eigenvalue weighted by atomic mass is 10.1. The molecule has 0 saturated carbocycles. The van der Waals surface area contributed by atoms with Crippen LogP contribution in [0.15, 0.2) is 30.3 Å². The second-order valence-corrected chi connectivity index (χ2v) is 5.53. The van der Waals surface area contributed by atoms with Crippen molar-refractivity contribution >= 4 is 0 Å². The monoisotopic (exact) mass is 250 g/mol. The molecular formula is C15H22O3. The Hall–Kier alpha value is -0.900. The summed E-state index contributed by atoms with van der Waals surface area (Å²) >= 11 is 0. The molecule has 0 bridgehead atoms. The van der Waals surface area contributed by atoms with E-state index in [9.17, 15) is 0 Å². The van der Waals surface area contributed by atoms with E-state index in [2.05, 4.69) is 19.1 Å². The highest BCUT2D eigenvalue weighted by Gasteiger charge is 2.41. The van der Waals surface area contributed by atoms with Crippen molar-refractivity contribution in [1.29, 1.82) is 0 Å². The Kier molecular flexibility index (Phi) is 4.05. The Bertz CT molecular complexity index is 375. The molecular weight excluding hydrogens is 228 g/mol. The van der Waals surface area contributed by atoms with E-state index in [-0.39, 0.29) is 5.60 Å². The first kappa shape index (κ1) is 13.5. The van der Waals surface area contributed by atoms with Gasteiger partial charge in [-0.25, -0.2) is 0 Å². The van der Waals surface area contributed by atoms with Gasteiger partial charge in [-0.15, -0.1) is 0 Å². The molecule has 3 heteroatoms. The molecule has 0 aliphatic carbocycles. The lowest BCUT2D eigenvalue weighted by molar-refractivity contribution is -0.160. The van der Waals surface area contributed by atoms with E-state index >= 15 is 0 Å². The Morgan fingerprint density at radius 2 is 1.89 bits per heavy atom. The van der Waals surface area contributed by atoms with Crippen LogP contribution in [0.5, 0.6) is 0 Å². The molecule has 100 valence electrons. The summed E-state index contributed by atoms with van der Waals surface area (Å²) in [5.41, 5.74) is 0.978. The predicted octanol–water partition coefficient (Wildman–Crippen LogP) is 3.13. The van der Waals surface area contributed by atoms with E-state index in [1.807, 2.05) is 32.0 Å². The zero-order valence-corrected chi connectivity index (χ0v) is 11.4. The molecule has 0 amide bonds. The SMILES string of the molecule is CC1(C)OC[C@](C)(CCOCc2ccccc2)O1. The first-order chi connectivity index (χ1) is 8.49. The summed E-state index contributed by atoms with van der Waals surface area (Å²) in [5, 5.41) is 0. The fraction of sp³-hybridized carbons (Fsp3) is 0.600. The molecule has 1 heterocycles. The molecule has 1 aromatic carbocycles. The van der Waals surface area contributed by atoms with Crippen LogP contribution in [-0.2, 0) is 20.8 Å². The third kappa shape index (κ3) is 3.80. The van der Waals surface area contributed by atoms with Crippen LogP contribution in [0.2, 0.25) is 0 Å². The molecule has 1 saturated heterocycles. The van der Waals surface area contributed by atoms with Crippen molar-refractivity contribution in [1.82, 2.24) is 0 Å². The normalized spacial score (nSPS) is 26.4. The largest absolute Gasteiger partial charge is 0.377 e. The van der Waals surface area contributed by atoms with E-state index in [4.69, 9.17) is 14.2 Å². The zero-order valence-electron chi connectivity index (χ0n) is 11.4. The highest BCUT2D eigenvalue weighted by molar-refractivity contribution is 5.13. The summed E-state index contributed by atoms with van der Waals surface area (Å²) in [6, 6.07) is 10.2. The molecule has 1 aromatic rings. The molecule has 0 unspecified atom stereocenters. The minimum absolute atomic E-state index is 0.222. The quantitative estimate of drug-likeness (QED) is 0.751. The first-order valence-corrected chi connectivity index (χ1v) is 6.45. The summed E-state index contributed by atoms with van der Waals surface area (Å²) in [7, 11) is 0. The standard InChI is InChI=1S/C15H22O3/c1-14(2)17-12-15(3,18-14)9-10-16-11-13-7-5-4-6-8-13/h4-8H,9-12H2,1-3H3/t15-/m0/s1. The number of hydrogen-bond donors (Lipinski definition) is 0. The van der Waals surface area contributed by atoms with Crippen molar-refractivity contribution in [2.45, 2.75) is 45.2 Å². The smallest absolute Gasteiger partial charge is 0.163 e. The summed E-state index contributed by atoms with van der Waals surface area (Å²) < 4.78 is 17.2. The van der Waals surface area contributed by atoms with Gasteiger partial charge in [-0.1, -0.05) is 30.3 Å². The maximum atomic E-state index is 5.89. The fourth-order valence-electron chi connectivity index (χ4n) is 2.15. The van der Waals surface area contributed by atoms with Crippen molar-refractivity contribution in [3.05, 3.63) is 35.9 Å². The van der Waals surface area contributed by atoms with Gasteiger partial charge in [-0.2, -0.15) is 0 Å². The van der Waals surface area contributed by atoms with Crippen LogP contribution in [0.3, 0.4) is 0 Å². The van der Waals surface area contributed by atoms with E-state index in [1.54, 1.807) is 0 Å². The second-order valence-electron chi connectivity index (χ2n) is 5.53. The van der Waals surface area contributed by atoms with Crippen LogP contribution in [0.4, 0.5) is 0 Å². The first-order valence-electron chi connectivity index (χ1n) is 6.45. The maximum absolute atomic E-state index is 5.89. The van der Waals surface area contributed by atoms with Crippen LogP contribution in [0.1, 0.15) is 32.8 Å². The highest BCUT2D eigenvalue weighted by Crippen LogP contribution is 2.32. The van der Waals surface area contributed by atoms with Gasteiger partial charge in [-0.3, -0.25) is 0 Å². The Balaban J connectivity index is 1.70. The average molecular weight is 250 g/mol. The fourth-order valence-corrected chi connectivity index (χ4v) is 2.15. The molecule has 0 aromatic heterocycles. The summed E-state index contributed by atoms with van der Waals surface area (Å²) in [5.74, 6) is -0.464. The summed E-state index contributed by atoms with van der Waals surface area (Å²) in [6.07, 6.45) is 0.850. The van der Waals surface area contributed by atoms with Crippen molar-refractivity contribution < 1.29 is 14.2 Å². The van der Waals surface area contributed by atoms with Crippen molar-refractivity contribution in [2.75, 3.05) is 13.2 Å². The summed E-state index contributed by atoms with van der Waals surface area (Å²) in [6.45, 7) is 7.94. The van der Waals surface area contributed by atoms with Gasteiger partial charge < -0.3 is 14.2 Å². The number of benzene rings is 1. The van der Waals surface area contributed by atoms with Crippen molar-refractivity contribution in [3.8, 4) is 0 Å². The third-order valence-electron chi connectivity index (χ3n) is 3.10. The van der Waals surface area contributed by atoms with Crippen molar-refractivity contribution in [2.24, 2.45) is 0 Å². The molecule has 1 aliphatic rings. The minimum atomic E-state index is -0.464. The lowest BCUT2D eigenvalue weighted by Crippen LogP contribution is -2.32. The number of ether oxygens (including phenoxy) is 3. The Labute approximate surface area is 109 Å². The van der Waals surface area contributed by atoms with Crippen LogP contribution >= 0.6 is 0 Å². The minimum Gasteiger partial charge on any atom is -0.377 e. The maximum Gasteiger partial charge on any atom is 0.163 e. The van der Waals surface area contributed by atoms with Gasteiger partial charge in [0, 0.05) is 13.0 Å². The average Bonchev–Trinajstić information content (AvgIpc) is 2.61. The molecule has 0 N–H and O–H groups in total. The topological polar surface area (TPSA) is 27.7 Å². The number of rotatable bonds is 5. The molecule has 1 atom stereocenters. The number of hydrogen-bond acceptors (Lipinski definition) is 3. The van der Waals surface area contributed by atoms with Crippen LogP contribution < -0.4 is 0 Å². The Morgan fingerprint density at radius 1 is 1.17 bits per heavy atom. The van der Waals surface area contributed by atoms with Crippen molar-refractivity contribution in [3.63, 3.8) is 0 Å². The third-order valence-corrected chi connectivity index (χ3v) is 3.10. The van der Waals surface area contributed by atoms with Gasteiger partial charge in [0.05, 0.1) is 18.8 Å². The van der Waals surface area contributed by atoms with E-state index in [0.717, 1.165) is 6.42 Å². The lowest BCUT2D eigenvalue weighted by Gasteiger charge is -2.24. The summed E-state index contributed by atoms with van der Waals surface area (Å²) in [4.78, 5) is 0. The predicted molar refractivity (Wildman–Crippen MR) is 70.2 cm³/mol. The Morgan fingerprint density at radius 3 is 2.50 bits per heavy atom. The van der Waals surface area contributed by atoms with Crippen LogP contribution in [0.25, 0.3) is 0 Å². The molecule has 0 spiro atoms. The molecule has 3 nitrogen and oxygen atoms in total. The van der Waals surface area contributed by atoms with E-state index < -0.39 is 5.79 Å². The highest BCUT2D eigenvalue weighted by atomic mass is 16.8. The molecule has 1 aliphatic heterocycles. The van der Waals surface area contributed by atoms with Crippen LogP contribution in [-0.4, -0.2) is 24.6 Å². The van der Waals surface area contributed by atoms with Gasteiger partial charge >= 0.3 is 0 Å². The van der Waals surface area contributed by atoms with Gasteiger partial charge in [0.1, 0.15) is 0 Å². The van der Waals surface area contributed by atoms with E-state index in [0.29, 0.717) is 19.8 Å². The zero-order chi connectivity index (χ0) is 13.1.